The maximum absolute atomic E-state index is 6.65. The summed E-state index contributed by atoms with van der Waals surface area (Å²) in [5.41, 5.74) is 5.55. The van der Waals surface area contributed by atoms with Crippen LogP contribution >= 0.6 is 11.6 Å². The van der Waals surface area contributed by atoms with Crippen molar-refractivity contribution in [3.63, 3.8) is 0 Å². The van der Waals surface area contributed by atoms with E-state index in [1.807, 2.05) is 19.2 Å². The van der Waals surface area contributed by atoms with Crippen LogP contribution in [0.4, 0.5) is 5.69 Å². The van der Waals surface area contributed by atoms with Gasteiger partial charge in [-0.25, -0.2) is 4.98 Å². The minimum Gasteiger partial charge on any atom is -0.367 e. The standard InChI is InChI=1S/C24H31ClN6/c1-16-10-11-26-23(21(16)25)18-7-5-9-20(30(18)3)24-27-17-6-4-8-19(22(17)28-24)31-14-12-29(2)13-15-31/h4,6,8,10-11,18,20H,5,7,9,12-15H2,1-3H3,(H,27,28)/t18-,20+/m0/s1. The molecule has 164 valence electrons. The quantitative estimate of drug-likeness (QED) is 0.649. The molecule has 2 aliphatic heterocycles. The van der Waals surface area contributed by atoms with Crippen molar-refractivity contribution in [2.45, 2.75) is 38.3 Å². The Morgan fingerprint density at radius 2 is 1.81 bits per heavy atom. The first-order valence-electron chi connectivity index (χ1n) is 11.3. The largest absolute Gasteiger partial charge is 0.367 e. The third-order valence-electron chi connectivity index (χ3n) is 7.04. The molecule has 2 fully saturated rings. The van der Waals surface area contributed by atoms with Gasteiger partial charge in [0.15, 0.2) is 0 Å². The van der Waals surface area contributed by atoms with Crippen LogP contribution < -0.4 is 4.90 Å². The van der Waals surface area contributed by atoms with Crippen molar-refractivity contribution in [3.8, 4) is 0 Å². The van der Waals surface area contributed by atoms with Crippen LogP contribution in [0.2, 0.25) is 5.02 Å². The fourth-order valence-corrected chi connectivity index (χ4v) is 5.32. The number of hydrogen-bond acceptors (Lipinski definition) is 5. The Morgan fingerprint density at radius 3 is 2.61 bits per heavy atom. The van der Waals surface area contributed by atoms with E-state index in [1.54, 1.807) is 0 Å². The summed E-state index contributed by atoms with van der Waals surface area (Å²) < 4.78 is 0. The molecule has 0 spiro atoms. The van der Waals surface area contributed by atoms with E-state index in [0.717, 1.165) is 78.6 Å². The van der Waals surface area contributed by atoms with Crippen LogP contribution in [0.3, 0.4) is 0 Å². The Kier molecular flexibility index (Phi) is 5.63. The van der Waals surface area contributed by atoms with Gasteiger partial charge in [-0.1, -0.05) is 17.7 Å². The van der Waals surface area contributed by atoms with E-state index in [4.69, 9.17) is 16.6 Å². The normalized spacial score (nSPS) is 23.5. The molecule has 2 atom stereocenters. The Morgan fingerprint density at radius 1 is 1.03 bits per heavy atom. The molecule has 0 radical (unpaired) electrons. The predicted molar refractivity (Wildman–Crippen MR) is 127 cm³/mol. The van der Waals surface area contributed by atoms with Gasteiger partial charge in [0.25, 0.3) is 0 Å². The summed E-state index contributed by atoms with van der Waals surface area (Å²) in [5.74, 6) is 1.05. The molecule has 7 heteroatoms. The molecular weight excluding hydrogens is 408 g/mol. The number of H-pyrrole nitrogens is 1. The van der Waals surface area contributed by atoms with E-state index in [-0.39, 0.29) is 12.1 Å². The molecule has 2 aromatic heterocycles. The van der Waals surface area contributed by atoms with Gasteiger partial charge in [-0.2, -0.15) is 0 Å². The fraction of sp³-hybridized carbons (Fsp3) is 0.500. The highest BCUT2D eigenvalue weighted by Crippen LogP contribution is 2.42. The number of nitrogens with zero attached hydrogens (tertiary/aromatic N) is 5. The molecule has 2 saturated heterocycles. The van der Waals surface area contributed by atoms with Gasteiger partial charge >= 0.3 is 0 Å². The van der Waals surface area contributed by atoms with Crippen molar-refractivity contribution < 1.29 is 0 Å². The summed E-state index contributed by atoms with van der Waals surface area (Å²) in [6.45, 7) is 6.33. The van der Waals surface area contributed by atoms with Gasteiger partial charge in [-0.3, -0.25) is 9.88 Å². The van der Waals surface area contributed by atoms with Gasteiger partial charge in [-0.05, 0) is 64.0 Å². The minimum absolute atomic E-state index is 0.205. The number of likely N-dealkylation sites (tertiary alicyclic amines) is 1. The second kappa shape index (κ2) is 8.41. The zero-order valence-corrected chi connectivity index (χ0v) is 19.4. The molecule has 31 heavy (non-hydrogen) atoms. The lowest BCUT2D eigenvalue weighted by Crippen LogP contribution is -2.44. The van der Waals surface area contributed by atoms with E-state index in [0.29, 0.717) is 0 Å². The molecule has 0 amide bonds. The lowest BCUT2D eigenvalue weighted by molar-refractivity contribution is 0.107. The number of halogens is 1. The highest BCUT2D eigenvalue weighted by atomic mass is 35.5. The van der Waals surface area contributed by atoms with Crippen LogP contribution in [0.5, 0.6) is 0 Å². The first-order valence-corrected chi connectivity index (χ1v) is 11.7. The lowest BCUT2D eigenvalue weighted by Gasteiger charge is -2.38. The highest BCUT2D eigenvalue weighted by molar-refractivity contribution is 6.32. The Balaban J connectivity index is 1.46. The number of piperidine rings is 1. The van der Waals surface area contributed by atoms with Crippen LogP contribution in [-0.2, 0) is 0 Å². The predicted octanol–water partition coefficient (Wildman–Crippen LogP) is 4.57. The summed E-state index contributed by atoms with van der Waals surface area (Å²) in [6, 6.07) is 8.88. The number of rotatable bonds is 3. The van der Waals surface area contributed by atoms with Gasteiger partial charge in [0.2, 0.25) is 0 Å². The van der Waals surface area contributed by atoms with Crippen molar-refractivity contribution >= 4 is 28.3 Å². The topological polar surface area (TPSA) is 51.3 Å². The third-order valence-corrected chi connectivity index (χ3v) is 7.53. The molecule has 0 saturated carbocycles. The van der Waals surface area contributed by atoms with Gasteiger partial charge < -0.3 is 14.8 Å². The van der Waals surface area contributed by atoms with E-state index in [2.05, 4.69) is 57.0 Å². The van der Waals surface area contributed by atoms with Crippen LogP contribution in [-0.4, -0.2) is 65.0 Å². The number of imidazole rings is 1. The maximum atomic E-state index is 6.65. The Hall–Kier alpha value is -2.15. The lowest BCUT2D eigenvalue weighted by atomic mass is 9.93. The molecule has 1 N–H and O–H groups in total. The van der Waals surface area contributed by atoms with Gasteiger partial charge in [0.05, 0.1) is 39.5 Å². The number of likely N-dealkylation sites (N-methyl/N-ethyl adjacent to an activating group) is 1. The maximum Gasteiger partial charge on any atom is 0.124 e. The monoisotopic (exact) mass is 438 g/mol. The number of piperazine rings is 1. The summed E-state index contributed by atoms with van der Waals surface area (Å²) in [7, 11) is 4.38. The molecule has 0 aliphatic carbocycles. The number of benzene rings is 1. The molecular formula is C24H31ClN6. The molecule has 5 rings (SSSR count). The van der Waals surface area contributed by atoms with Gasteiger partial charge in [0.1, 0.15) is 5.82 Å². The number of anilines is 1. The number of pyridine rings is 1. The molecule has 6 nitrogen and oxygen atoms in total. The third kappa shape index (κ3) is 3.81. The van der Waals surface area contributed by atoms with Crippen LogP contribution in [0.1, 0.15) is 48.4 Å². The van der Waals surface area contributed by atoms with Crippen LogP contribution in [0.25, 0.3) is 11.0 Å². The van der Waals surface area contributed by atoms with Crippen molar-refractivity contribution in [1.82, 2.24) is 24.8 Å². The summed E-state index contributed by atoms with van der Waals surface area (Å²) >= 11 is 6.65. The molecule has 0 unspecified atom stereocenters. The van der Waals surface area contributed by atoms with Crippen molar-refractivity contribution in [1.29, 1.82) is 0 Å². The fourth-order valence-electron chi connectivity index (χ4n) is 5.09. The number of para-hydroxylation sites is 1. The van der Waals surface area contributed by atoms with Crippen LogP contribution in [0.15, 0.2) is 30.5 Å². The number of aromatic nitrogens is 3. The highest BCUT2D eigenvalue weighted by Gasteiger charge is 2.34. The molecule has 2 aliphatic rings. The number of fused-ring (bicyclic) bond motifs is 1. The summed E-state index contributed by atoms with van der Waals surface area (Å²) in [6.07, 6.45) is 5.15. The van der Waals surface area contributed by atoms with E-state index in [1.165, 1.54) is 5.69 Å². The number of hydrogen-bond donors (Lipinski definition) is 1. The first-order chi connectivity index (χ1) is 15.0. The smallest absolute Gasteiger partial charge is 0.124 e. The summed E-state index contributed by atoms with van der Waals surface area (Å²) in [4.78, 5) is 20.7. The van der Waals surface area contributed by atoms with E-state index in [9.17, 15) is 0 Å². The van der Waals surface area contributed by atoms with Crippen molar-refractivity contribution in [2.24, 2.45) is 0 Å². The summed E-state index contributed by atoms with van der Waals surface area (Å²) in [5, 5.41) is 0.793. The number of aromatic amines is 1. The molecule has 3 aromatic rings. The minimum atomic E-state index is 0.205. The molecule has 0 bridgehead atoms. The molecule has 1 aromatic carbocycles. The first kappa shape index (κ1) is 20.7. The van der Waals surface area contributed by atoms with Crippen molar-refractivity contribution in [2.75, 3.05) is 45.2 Å². The SMILES string of the molecule is Cc1ccnc([C@@H]2CCC[C@H](c3nc4cccc(N5CCN(C)CC5)c4[nH]3)N2C)c1Cl. The second-order valence-electron chi connectivity index (χ2n) is 9.04. The van der Waals surface area contributed by atoms with Gasteiger partial charge in [-0.15, -0.1) is 0 Å². The zero-order valence-electron chi connectivity index (χ0n) is 18.6. The second-order valence-corrected chi connectivity index (χ2v) is 9.42. The Labute approximate surface area is 189 Å². The van der Waals surface area contributed by atoms with E-state index >= 15 is 0 Å². The van der Waals surface area contributed by atoms with Gasteiger partial charge in [0, 0.05) is 32.4 Å². The van der Waals surface area contributed by atoms with E-state index < -0.39 is 0 Å². The van der Waals surface area contributed by atoms with Crippen molar-refractivity contribution in [3.05, 3.63) is 52.6 Å². The average molecular weight is 439 g/mol. The molecule has 4 heterocycles. The Bertz CT molecular complexity index is 1070. The number of aryl methyl sites for hydroxylation is 1. The van der Waals surface area contributed by atoms with Crippen LogP contribution in [0, 0.1) is 6.92 Å². The average Bonchev–Trinajstić information content (AvgIpc) is 3.21. The number of nitrogens with one attached hydrogen (secondary N) is 1. The zero-order chi connectivity index (χ0) is 21.5.